The highest BCUT2D eigenvalue weighted by molar-refractivity contribution is 5.87. The molecule has 4 nitrogen and oxygen atoms in total. The Morgan fingerprint density at radius 2 is 2.13 bits per heavy atom. The first-order chi connectivity index (χ1) is 7.27. The van der Waals surface area contributed by atoms with Gasteiger partial charge in [0.1, 0.15) is 11.8 Å². The molecule has 0 radical (unpaired) electrons. The highest BCUT2D eigenvalue weighted by atomic mass is 16.5. The van der Waals surface area contributed by atoms with Crippen molar-refractivity contribution in [1.82, 2.24) is 0 Å². The molecule has 1 heterocycles. The van der Waals surface area contributed by atoms with Gasteiger partial charge in [-0.25, -0.2) is 4.79 Å². The van der Waals surface area contributed by atoms with Crippen LogP contribution in [0, 0.1) is 0 Å². The maximum atomic E-state index is 11.3. The average molecular weight is 207 g/mol. The van der Waals surface area contributed by atoms with E-state index in [-0.39, 0.29) is 12.0 Å². The lowest BCUT2D eigenvalue weighted by Gasteiger charge is -2.09. The Hall–Kier alpha value is -1.71. The van der Waals surface area contributed by atoms with Crippen molar-refractivity contribution in [2.24, 2.45) is 0 Å². The van der Waals surface area contributed by atoms with Gasteiger partial charge in [0.25, 0.3) is 0 Å². The minimum absolute atomic E-state index is 0.147. The lowest BCUT2D eigenvalue weighted by atomic mass is 10.3. The Kier molecular flexibility index (Phi) is 2.49. The van der Waals surface area contributed by atoms with Gasteiger partial charge in [-0.05, 0) is 12.1 Å². The van der Waals surface area contributed by atoms with Gasteiger partial charge in [-0.1, -0.05) is 12.1 Å². The molecule has 1 unspecified atom stereocenters. The van der Waals surface area contributed by atoms with Crippen molar-refractivity contribution in [3.8, 4) is 5.75 Å². The van der Waals surface area contributed by atoms with Gasteiger partial charge in [-0.2, -0.15) is 0 Å². The monoisotopic (exact) mass is 207 g/mol. The van der Waals surface area contributed by atoms with E-state index in [2.05, 4.69) is 4.74 Å². The summed E-state index contributed by atoms with van der Waals surface area (Å²) in [4.78, 5) is 13.2. The zero-order valence-corrected chi connectivity index (χ0v) is 8.77. The summed E-state index contributed by atoms with van der Waals surface area (Å²) in [5.74, 6) is 0.588. The molecule has 1 saturated heterocycles. The maximum Gasteiger partial charge on any atom is 0.330 e. The second-order valence-corrected chi connectivity index (χ2v) is 3.36. The predicted octanol–water partition coefficient (Wildman–Crippen LogP) is 1.06. The summed E-state index contributed by atoms with van der Waals surface area (Å²) < 4.78 is 9.89. The molecule has 0 aromatic heterocycles. The lowest BCUT2D eigenvalue weighted by Crippen LogP contribution is -2.14. The van der Waals surface area contributed by atoms with E-state index in [1.54, 1.807) is 7.11 Å². The van der Waals surface area contributed by atoms with E-state index in [4.69, 9.17) is 4.74 Å². The Balaban J connectivity index is 2.16. The molecule has 0 N–H and O–H groups in total. The number of para-hydroxylation sites is 2. The Morgan fingerprint density at radius 3 is 2.80 bits per heavy atom. The maximum absolute atomic E-state index is 11.3. The van der Waals surface area contributed by atoms with Crippen LogP contribution in [0.3, 0.4) is 0 Å². The van der Waals surface area contributed by atoms with Crippen LogP contribution in [0.25, 0.3) is 0 Å². The first kappa shape index (κ1) is 9.83. The van der Waals surface area contributed by atoms with Crippen molar-refractivity contribution in [3.05, 3.63) is 24.3 Å². The van der Waals surface area contributed by atoms with Gasteiger partial charge in [-0.15, -0.1) is 0 Å². The molecule has 4 heteroatoms. The second-order valence-electron chi connectivity index (χ2n) is 3.36. The van der Waals surface area contributed by atoms with Crippen LogP contribution in [0.5, 0.6) is 5.75 Å². The van der Waals surface area contributed by atoms with Crippen molar-refractivity contribution >= 4 is 11.7 Å². The Morgan fingerprint density at radius 1 is 1.40 bits per heavy atom. The summed E-state index contributed by atoms with van der Waals surface area (Å²) in [7, 11) is 3.02. The summed E-state index contributed by atoms with van der Waals surface area (Å²) >= 11 is 0. The van der Waals surface area contributed by atoms with Crippen LogP contribution in [-0.2, 0) is 9.53 Å². The molecule has 1 aliphatic heterocycles. The van der Waals surface area contributed by atoms with Crippen molar-refractivity contribution in [2.75, 3.05) is 25.7 Å². The number of hydrogen-bond donors (Lipinski definition) is 0. The number of anilines is 1. The molecule has 1 fully saturated rings. The largest absolute Gasteiger partial charge is 0.495 e. The zero-order valence-electron chi connectivity index (χ0n) is 8.77. The van der Waals surface area contributed by atoms with Crippen molar-refractivity contribution in [3.63, 3.8) is 0 Å². The summed E-state index contributed by atoms with van der Waals surface area (Å²) in [6, 6.07) is 7.49. The van der Waals surface area contributed by atoms with Crippen LogP contribution in [0.15, 0.2) is 24.3 Å². The number of ether oxygens (including phenoxy) is 2. The van der Waals surface area contributed by atoms with E-state index >= 15 is 0 Å². The molecule has 80 valence electrons. The average Bonchev–Trinajstić information content (AvgIpc) is 3.08. The quantitative estimate of drug-likeness (QED) is 0.548. The zero-order chi connectivity index (χ0) is 10.8. The molecule has 1 aromatic rings. The fourth-order valence-electron chi connectivity index (χ4n) is 1.61. The van der Waals surface area contributed by atoms with Crippen LogP contribution >= 0.6 is 0 Å². The van der Waals surface area contributed by atoms with Gasteiger partial charge in [0.2, 0.25) is 0 Å². The smallest absolute Gasteiger partial charge is 0.330 e. The Bertz CT molecular complexity index is 378. The number of carbonyl (C=O) groups is 1. The third kappa shape index (κ3) is 1.75. The standard InChI is InChI=1S/C11H13NO3/c1-14-10-6-4-3-5-8(10)12-7-9(12)11(13)15-2/h3-6,9H,7H2,1-2H3. The van der Waals surface area contributed by atoms with Crippen molar-refractivity contribution in [1.29, 1.82) is 0 Å². The van der Waals surface area contributed by atoms with Gasteiger partial charge in [0.05, 0.1) is 26.5 Å². The fraction of sp³-hybridized carbons (Fsp3) is 0.364. The minimum Gasteiger partial charge on any atom is -0.495 e. The van der Waals surface area contributed by atoms with E-state index in [9.17, 15) is 4.79 Å². The number of esters is 1. The molecule has 1 aliphatic rings. The molecule has 1 aromatic carbocycles. The third-order valence-electron chi connectivity index (χ3n) is 2.48. The second kappa shape index (κ2) is 3.81. The Labute approximate surface area is 88.4 Å². The highest BCUT2D eigenvalue weighted by Gasteiger charge is 2.42. The minimum atomic E-state index is -0.194. The summed E-state index contributed by atoms with van der Waals surface area (Å²) in [5.41, 5.74) is 0.940. The molecule has 0 saturated carbocycles. The first-order valence-electron chi connectivity index (χ1n) is 4.75. The van der Waals surface area contributed by atoms with Crippen LogP contribution < -0.4 is 9.64 Å². The van der Waals surface area contributed by atoms with E-state index in [1.165, 1.54) is 7.11 Å². The number of rotatable bonds is 3. The van der Waals surface area contributed by atoms with Gasteiger partial charge in [-0.3, -0.25) is 0 Å². The molecular formula is C11H13NO3. The van der Waals surface area contributed by atoms with Gasteiger partial charge in [0.15, 0.2) is 0 Å². The molecule has 2 rings (SSSR count). The number of carbonyl (C=O) groups excluding carboxylic acids is 1. The van der Waals surface area contributed by atoms with E-state index < -0.39 is 0 Å². The highest BCUT2D eigenvalue weighted by Crippen LogP contribution is 2.35. The lowest BCUT2D eigenvalue weighted by molar-refractivity contribution is -0.139. The van der Waals surface area contributed by atoms with Crippen LogP contribution in [0.4, 0.5) is 5.69 Å². The van der Waals surface area contributed by atoms with Gasteiger partial charge in [0, 0.05) is 0 Å². The molecule has 0 bridgehead atoms. The van der Waals surface area contributed by atoms with Gasteiger partial charge < -0.3 is 14.4 Å². The molecule has 15 heavy (non-hydrogen) atoms. The molecule has 0 aliphatic carbocycles. The third-order valence-corrected chi connectivity index (χ3v) is 2.48. The summed E-state index contributed by atoms with van der Waals surface area (Å²) in [6.45, 7) is 0.701. The number of benzene rings is 1. The number of hydrogen-bond acceptors (Lipinski definition) is 4. The molecule has 0 spiro atoms. The summed E-state index contributed by atoms with van der Waals surface area (Å²) in [6.07, 6.45) is 0. The van der Waals surface area contributed by atoms with Crippen LogP contribution in [-0.4, -0.2) is 32.8 Å². The normalized spacial score (nSPS) is 18.5. The van der Waals surface area contributed by atoms with Gasteiger partial charge >= 0.3 is 5.97 Å². The van der Waals surface area contributed by atoms with Crippen LogP contribution in [0.1, 0.15) is 0 Å². The molecule has 0 amide bonds. The van der Waals surface area contributed by atoms with E-state index in [0.717, 1.165) is 11.4 Å². The summed E-state index contributed by atoms with van der Waals surface area (Å²) in [5, 5.41) is 0. The van der Waals surface area contributed by atoms with Crippen molar-refractivity contribution in [2.45, 2.75) is 6.04 Å². The SMILES string of the molecule is COC(=O)C1CN1c1ccccc1OC. The molecule has 1 atom stereocenters. The number of methoxy groups -OCH3 is 2. The predicted molar refractivity (Wildman–Crippen MR) is 56.1 cm³/mol. The van der Waals surface area contributed by atoms with Crippen LogP contribution in [0.2, 0.25) is 0 Å². The number of nitrogens with zero attached hydrogens (tertiary/aromatic N) is 1. The molecular weight excluding hydrogens is 194 g/mol. The van der Waals surface area contributed by atoms with E-state index in [1.807, 2.05) is 29.2 Å². The topological polar surface area (TPSA) is 38.5 Å². The first-order valence-corrected chi connectivity index (χ1v) is 4.75. The fourth-order valence-corrected chi connectivity index (χ4v) is 1.61. The van der Waals surface area contributed by atoms with Crippen molar-refractivity contribution < 1.29 is 14.3 Å². The van der Waals surface area contributed by atoms with E-state index in [0.29, 0.717) is 6.54 Å².